The molecule has 0 bridgehead atoms. The normalized spacial score (nSPS) is 16.9. The number of likely N-dealkylation sites (N-methyl/N-ethyl adjacent to an activating group) is 1. The molecule has 3 aromatic rings. The third-order valence-electron chi connectivity index (χ3n) is 7.66. The molecule has 1 aliphatic heterocycles. The molecule has 0 radical (unpaired) electrons. The van der Waals surface area contributed by atoms with Crippen molar-refractivity contribution >= 4 is 33.1 Å². The highest BCUT2D eigenvalue weighted by molar-refractivity contribution is 7.91. The molecule has 1 aliphatic rings. The summed E-state index contributed by atoms with van der Waals surface area (Å²) < 4.78 is 63.2. The topological polar surface area (TPSA) is 113 Å². The van der Waals surface area contributed by atoms with Crippen LogP contribution in [0, 0.1) is 0 Å². The van der Waals surface area contributed by atoms with Crippen LogP contribution in [0.4, 0.5) is 18.9 Å². The number of hydroxylamine groups is 2. The number of carbonyl (C=O) groups excluding carboxylic acids is 3. The van der Waals surface area contributed by atoms with Crippen LogP contribution in [-0.2, 0) is 37.0 Å². The van der Waals surface area contributed by atoms with E-state index in [-0.39, 0.29) is 42.0 Å². The number of nitrogens with one attached hydrogen (secondary N) is 1. The number of sulfone groups is 1. The van der Waals surface area contributed by atoms with Gasteiger partial charge in [-0.2, -0.15) is 13.2 Å². The summed E-state index contributed by atoms with van der Waals surface area (Å²) in [6.45, 7) is 1.98. The molecule has 1 unspecified atom stereocenters. The van der Waals surface area contributed by atoms with E-state index in [9.17, 15) is 36.0 Å². The molecule has 1 heterocycles. The molecule has 13 heteroatoms. The van der Waals surface area contributed by atoms with E-state index in [2.05, 4.69) is 5.32 Å². The Labute approximate surface area is 253 Å². The van der Waals surface area contributed by atoms with Crippen molar-refractivity contribution in [2.75, 3.05) is 31.4 Å². The number of carbonyl (C=O) groups is 3. The summed E-state index contributed by atoms with van der Waals surface area (Å²) >= 11 is 0. The minimum Gasteiger partial charge on any atom is -0.360 e. The second kappa shape index (κ2) is 13.2. The number of amides is 2. The lowest BCUT2D eigenvalue weighted by Gasteiger charge is -2.26. The fourth-order valence-corrected chi connectivity index (χ4v) is 5.89. The summed E-state index contributed by atoms with van der Waals surface area (Å²) in [5.74, 6) is -2.33. The van der Waals surface area contributed by atoms with Crippen LogP contribution in [0.5, 0.6) is 0 Å². The smallest absolute Gasteiger partial charge is 0.360 e. The van der Waals surface area contributed by atoms with E-state index in [1.807, 2.05) is 0 Å². The first-order chi connectivity index (χ1) is 20.7. The predicted molar refractivity (Wildman–Crippen MR) is 157 cm³/mol. The van der Waals surface area contributed by atoms with Crippen molar-refractivity contribution < 1.29 is 40.8 Å². The van der Waals surface area contributed by atoms with Gasteiger partial charge in [-0.15, -0.1) is 0 Å². The van der Waals surface area contributed by atoms with E-state index in [4.69, 9.17) is 4.84 Å². The monoisotopic (exact) mass is 631 g/mol. The van der Waals surface area contributed by atoms with E-state index < -0.39 is 39.3 Å². The molecule has 0 aromatic heterocycles. The maximum Gasteiger partial charge on any atom is 0.416 e. The lowest BCUT2D eigenvalue weighted by Crippen LogP contribution is -2.45. The molecule has 1 N–H and O–H groups in total. The van der Waals surface area contributed by atoms with Gasteiger partial charge in [0.05, 0.1) is 29.4 Å². The lowest BCUT2D eigenvalue weighted by atomic mass is 9.94. The number of rotatable bonds is 10. The van der Waals surface area contributed by atoms with Crippen molar-refractivity contribution in [2.45, 2.75) is 42.9 Å². The second-order valence-electron chi connectivity index (χ2n) is 10.3. The van der Waals surface area contributed by atoms with Crippen LogP contribution in [0.2, 0.25) is 0 Å². The van der Waals surface area contributed by atoms with Crippen molar-refractivity contribution in [2.24, 2.45) is 0 Å². The summed E-state index contributed by atoms with van der Waals surface area (Å²) in [6, 6.07) is 16.5. The highest BCUT2D eigenvalue weighted by Crippen LogP contribution is 2.37. The minimum absolute atomic E-state index is 0.0123. The molecular formula is C31H32F3N3O6S. The lowest BCUT2D eigenvalue weighted by molar-refractivity contribution is -0.173. The van der Waals surface area contributed by atoms with E-state index >= 15 is 0 Å². The molecule has 4 rings (SSSR count). The highest BCUT2D eigenvalue weighted by Gasteiger charge is 2.41. The zero-order chi connectivity index (χ0) is 32.2. The Morgan fingerprint density at radius 1 is 0.977 bits per heavy atom. The standard InChI is InChI=1S/C31H32F3N3O6S/c1-4-44(41,42)26-15-5-20(6-16-26)18-35-29(39)22-9-13-25(14-10-22)37-19-23(17-27(37)28(38)30(40)36(2)43-3)21-7-11-24(12-8-21)31(32,33)34/h5-16,23,27H,4,17-19H2,1-3H3,(H,35,39)/t23?,27-/m0/s1. The Morgan fingerprint density at radius 3 is 2.14 bits per heavy atom. The average Bonchev–Trinajstić information content (AvgIpc) is 3.48. The van der Waals surface area contributed by atoms with Gasteiger partial charge in [-0.3, -0.25) is 19.2 Å². The molecule has 234 valence electrons. The number of alkyl halides is 3. The summed E-state index contributed by atoms with van der Waals surface area (Å²) in [4.78, 5) is 45.5. The maximum absolute atomic E-state index is 13.2. The van der Waals surface area contributed by atoms with Crippen LogP contribution in [-0.4, -0.2) is 63.6 Å². The van der Waals surface area contributed by atoms with E-state index in [0.717, 1.165) is 17.2 Å². The molecule has 44 heavy (non-hydrogen) atoms. The summed E-state index contributed by atoms with van der Waals surface area (Å²) in [6.07, 6.45) is -4.29. The Morgan fingerprint density at radius 2 is 1.59 bits per heavy atom. The number of hydrogen-bond acceptors (Lipinski definition) is 7. The van der Waals surface area contributed by atoms with E-state index in [1.165, 1.54) is 38.4 Å². The first-order valence-corrected chi connectivity index (χ1v) is 15.4. The average molecular weight is 632 g/mol. The number of Topliss-reactive ketones (excluding diaryl/α,β-unsaturated/α-hetero) is 1. The zero-order valence-corrected chi connectivity index (χ0v) is 25.1. The van der Waals surface area contributed by atoms with Gasteiger partial charge >= 0.3 is 12.1 Å². The van der Waals surface area contributed by atoms with E-state index in [1.54, 1.807) is 48.2 Å². The summed E-state index contributed by atoms with van der Waals surface area (Å²) in [7, 11) is -0.772. The van der Waals surface area contributed by atoms with Gasteiger partial charge < -0.3 is 10.2 Å². The Hall–Kier alpha value is -4.23. The number of nitrogens with zero attached hydrogens (tertiary/aromatic N) is 2. The van der Waals surface area contributed by atoms with Crippen LogP contribution in [0.3, 0.4) is 0 Å². The first-order valence-electron chi connectivity index (χ1n) is 13.7. The fourth-order valence-electron chi connectivity index (χ4n) is 5.01. The third kappa shape index (κ3) is 7.28. The van der Waals surface area contributed by atoms with Gasteiger partial charge in [-0.1, -0.05) is 31.2 Å². The number of halogens is 3. The fraction of sp³-hybridized carbons (Fsp3) is 0.323. The van der Waals surface area contributed by atoms with Crippen LogP contribution in [0.25, 0.3) is 0 Å². The van der Waals surface area contributed by atoms with E-state index in [0.29, 0.717) is 22.4 Å². The van der Waals surface area contributed by atoms with Gasteiger partial charge in [0.2, 0.25) is 5.78 Å². The van der Waals surface area contributed by atoms with Gasteiger partial charge in [0.1, 0.15) is 0 Å². The van der Waals surface area contributed by atoms with Crippen LogP contribution in [0.1, 0.15) is 46.3 Å². The zero-order valence-electron chi connectivity index (χ0n) is 24.3. The first kappa shape index (κ1) is 32.7. The van der Waals surface area contributed by atoms with Crippen LogP contribution < -0.4 is 10.2 Å². The van der Waals surface area contributed by atoms with Gasteiger partial charge in [0.25, 0.3) is 5.91 Å². The Balaban J connectivity index is 1.50. The van der Waals surface area contributed by atoms with Crippen molar-refractivity contribution in [1.29, 1.82) is 0 Å². The Bertz CT molecular complexity index is 1610. The quantitative estimate of drug-likeness (QED) is 0.261. The van der Waals surface area contributed by atoms with Gasteiger partial charge in [-0.25, -0.2) is 13.5 Å². The molecule has 0 saturated carbocycles. The summed E-state index contributed by atoms with van der Waals surface area (Å²) in [5.41, 5.74) is 1.41. The number of anilines is 1. The predicted octanol–water partition coefficient (Wildman–Crippen LogP) is 4.38. The summed E-state index contributed by atoms with van der Waals surface area (Å²) in [5, 5.41) is 3.60. The molecule has 1 saturated heterocycles. The van der Waals surface area contributed by atoms with Crippen molar-refractivity contribution in [3.63, 3.8) is 0 Å². The van der Waals surface area contributed by atoms with Crippen molar-refractivity contribution in [3.05, 3.63) is 95.1 Å². The van der Waals surface area contributed by atoms with Crippen LogP contribution in [0.15, 0.2) is 77.7 Å². The van der Waals surface area contributed by atoms with Crippen molar-refractivity contribution in [3.8, 4) is 0 Å². The number of benzene rings is 3. The van der Waals surface area contributed by atoms with Gasteiger partial charge in [-0.05, 0) is 66.1 Å². The molecule has 9 nitrogen and oxygen atoms in total. The van der Waals surface area contributed by atoms with Gasteiger partial charge in [0.15, 0.2) is 9.84 Å². The second-order valence-corrected chi connectivity index (χ2v) is 12.6. The molecular weight excluding hydrogens is 599 g/mol. The molecule has 2 amide bonds. The number of ketones is 1. The molecule has 2 atom stereocenters. The Kier molecular flexibility index (Phi) is 9.79. The largest absolute Gasteiger partial charge is 0.416 e. The third-order valence-corrected chi connectivity index (χ3v) is 9.41. The molecule has 0 spiro atoms. The van der Waals surface area contributed by atoms with Crippen molar-refractivity contribution in [1.82, 2.24) is 10.4 Å². The number of hydrogen-bond donors (Lipinski definition) is 1. The molecule has 3 aromatic carbocycles. The molecule has 1 fully saturated rings. The highest BCUT2D eigenvalue weighted by atomic mass is 32.2. The van der Waals surface area contributed by atoms with Gasteiger partial charge in [0, 0.05) is 37.3 Å². The van der Waals surface area contributed by atoms with Crippen LogP contribution >= 0.6 is 0 Å². The molecule has 0 aliphatic carbocycles. The minimum atomic E-state index is -4.48. The maximum atomic E-state index is 13.2. The SMILES string of the molecule is CCS(=O)(=O)c1ccc(CNC(=O)c2ccc(N3CC(c4ccc(C(F)(F)F)cc4)C[C@H]3C(=O)C(=O)N(C)OC)cc2)cc1.